The molecule has 0 spiro atoms. The van der Waals surface area contributed by atoms with Gasteiger partial charge in [0.05, 0.1) is 0 Å². The van der Waals surface area contributed by atoms with Crippen LogP contribution in [-0.2, 0) is 6.42 Å². The molecule has 0 bridgehead atoms. The zero-order valence-corrected chi connectivity index (χ0v) is 14.8. The minimum absolute atomic E-state index is 0. The molecule has 0 saturated carbocycles. The summed E-state index contributed by atoms with van der Waals surface area (Å²) in [6.07, 6.45) is 0.626. The van der Waals surface area contributed by atoms with Crippen LogP contribution >= 0.6 is 35.6 Å². The SMILES string of the molecule is CN=C(NC)NCCc1nc(-c2ccc(Cl)cc2)no1.I. The number of benzene rings is 1. The first-order chi connectivity index (χ1) is 9.72. The Morgan fingerprint density at radius 1 is 1.33 bits per heavy atom. The summed E-state index contributed by atoms with van der Waals surface area (Å²) in [5.41, 5.74) is 0.878. The molecule has 1 aromatic heterocycles. The van der Waals surface area contributed by atoms with Crippen molar-refractivity contribution >= 4 is 41.5 Å². The lowest BCUT2D eigenvalue weighted by Crippen LogP contribution is -2.35. The minimum atomic E-state index is 0. The quantitative estimate of drug-likeness (QED) is 0.450. The summed E-state index contributed by atoms with van der Waals surface area (Å²) in [5, 5.41) is 10.7. The molecule has 0 atom stereocenters. The van der Waals surface area contributed by atoms with Gasteiger partial charge in [-0.1, -0.05) is 16.8 Å². The molecule has 0 fully saturated rings. The van der Waals surface area contributed by atoms with Gasteiger partial charge in [0, 0.05) is 37.6 Å². The monoisotopic (exact) mass is 421 g/mol. The minimum Gasteiger partial charge on any atom is -0.359 e. The van der Waals surface area contributed by atoms with E-state index in [-0.39, 0.29) is 24.0 Å². The molecule has 6 nitrogen and oxygen atoms in total. The number of hydrogen-bond donors (Lipinski definition) is 2. The van der Waals surface area contributed by atoms with Crippen molar-refractivity contribution < 1.29 is 4.52 Å². The number of halogens is 2. The molecule has 114 valence electrons. The van der Waals surface area contributed by atoms with Crippen molar-refractivity contribution in [2.75, 3.05) is 20.6 Å². The predicted molar refractivity (Wildman–Crippen MR) is 94.3 cm³/mol. The molecule has 0 aliphatic carbocycles. The molecule has 0 radical (unpaired) electrons. The van der Waals surface area contributed by atoms with Crippen LogP contribution in [0.4, 0.5) is 0 Å². The maximum Gasteiger partial charge on any atom is 0.228 e. The molecule has 0 aliphatic rings. The fourth-order valence-corrected chi connectivity index (χ4v) is 1.77. The van der Waals surface area contributed by atoms with E-state index < -0.39 is 0 Å². The lowest BCUT2D eigenvalue weighted by atomic mass is 10.2. The average Bonchev–Trinajstić information content (AvgIpc) is 2.93. The molecule has 2 aromatic rings. The van der Waals surface area contributed by atoms with Crippen LogP contribution in [-0.4, -0.2) is 36.7 Å². The lowest BCUT2D eigenvalue weighted by Gasteiger charge is -2.05. The largest absolute Gasteiger partial charge is 0.359 e. The average molecular weight is 422 g/mol. The van der Waals surface area contributed by atoms with Crippen LogP contribution in [0, 0.1) is 0 Å². The third-order valence-electron chi connectivity index (χ3n) is 2.66. The zero-order valence-electron chi connectivity index (χ0n) is 11.8. The van der Waals surface area contributed by atoms with Gasteiger partial charge in [-0.25, -0.2) is 0 Å². The lowest BCUT2D eigenvalue weighted by molar-refractivity contribution is 0.378. The molecule has 1 aromatic carbocycles. The topological polar surface area (TPSA) is 75.3 Å². The summed E-state index contributed by atoms with van der Waals surface area (Å²) in [5.74, 6) is 1.87. The number of rotatable bonds is 4. The third kappa shape index (κ3) is 5.16. The molecule has 8 heteroatoms. The van der Waals surface area contributed by atoms with E-state index in [4.69, 9.17) is 16.1 Å². The van der Waals surface area contributed by atoms with Gasteiger partial charge in [-0.05, 0) is 24.3 Å². The van der Waals surface area contributed by atoms with Gasteiger partial charge in [-0.2, -0.15) is 4.98 Å². The summed E-state index contributed by atoms with van der Waals surface area (Å²) in [7, 11) is 3.52. The number of hydrogen-bond acceptors (Lipinski definition) is 4. The normalized spacial score (nSPS) is 10.9. The van der Waals surface area contributed by atoms with Gasteiger partial charge in [-0.15, -0.1) is 24.0 Å². The zero-order chi connectivity index (χ0) is 14.4. The van der Waals surface area contributed by atoms with E-state index in [0.717, 1.165) is 11.5 Å². The maximum atomic E-state index is 5.84. The van der Waals surface area contributed by atoms with Gasteiger partial charge >= 0.3 is 0 Å². The number of aliphatic imine (C=N–C) groups is 1. The van der Waals surface area contributed by atoms with E-state index in [2.05, 4.69) is 25.8 Å². The van der Waals surface area contributed by atoms with Crippen molar-refractivity contribution in [3.63, 3.8) is 0 Å². The highest BCUT2D eigenvalue weighted by Gasteiger charge is 2.08. The number of nitrogens with zero attached hydrogens (tertiary/aromatic N) is 3. The molecule has 21 heavy (non-hydrogen) atoms. The highest BCUT2D eigenvalue weighted by molar-refractivity contribution is 14.0. The van der Waals surface area contributed by atoms with Crippen LogP contribution in [0.5, 0.6) is 0 Å². The summed E-state index contributed by atoms with van der Waals surface area (Å²) < 4.78 is 5.20. The Morgan fingerprint density at radius 3 is 2.67 bits per heavy atom. The van der Waals surface area contributed by atoms with Crippen molar-refractivity contribution in [2.45, 2.75) is 6.42 Å². The smallest absolute Gasteiger partial charge is 0.228 e. The van der Waals surface area contributed by atoms with Gasteiger partial charge < -0.3 is 15.2 Å². The van der Waals surface area contributed by atoms with Crippen LogP contribution in [0.15, 0.2) is 33.8 Å². The molecule has 0 unspecified atom stereocenters. The summed E-state index contributed by atoms with van der Waals surface area (Å²) in [4.78, 5) is 8.35. The van der Waals surface area contributed by atoms with E-state index in [1.165, 1.54) is 0 Å². The number of guanidine groups is 1. The molecule has 2 rings (SSSR count). The van der Waals surface area contributed by atoms with E-state index >= 15 is 0 Å². The molecule has 1 heterocycles. The Bertz CT molecular complexity index is 585. The first kappa shape index (κ1) is 17.7. The van der Waals surface area contributed by atoms with Gasteiger partial charge in [-0.3, -0.25) is 4.99 Å². The fraction of sp³-hybridized carbons (Fsp3) is 0.308. The van der Waals surface area contributed by atoms with Crippen molar-refractivity contribution in [3.8, 4) is 11.4 Å². The van der Waals surface area contributed by atoms with E-state index in [0.29, 0.717) is 29.7 Å². The van der Waals surface area contributed by atoms with E-state index in [1.54, 1.807) is 26.2 Å². The van der Waals surface area contributed by atoms with Crippen molar-refractivity contribution in [3.05, 3.63) is 35.2 Å². The van der Waals surface area contributed by atoms with Crippen molar-refractivity contribution in [1.82, 2.24) is 20.8 Å². The van der Waals surface area contributed by atoms with Crippen molar-refractivity contribution in [2.24, 2.45) is 4.99 Å². The van der Waals surface area contributed by atoms with Gasteiger partial charge in [0.2, 0.25) is 11.7 Å². The Balaban J connectivity index is 0.00000220. The number of nitrogens with one attached hydrogen (secondary N) is 2. The summed E-state index contributed by atoms with van der Waals surface area (Å²) >= 11 is 5.84. The molecule has 0 saturated heterocycles. The Labute approximate surface area is 145 Å². The molecule has 2 N–H and O–H groups in total. The molecule has 0 aliphatic heterocycles. The van der Waals surface area contributed by atoms with Crippen LogP contribution in [0.2, 0.25) is 5.02 Å². The highest BCUT2D eigenvalue weighted by atomic mass is 127. The Hall–Kier alpha value is -1.35. The molecular formula is C13H17ClIN5O. The van der Waals surface area contributed by atoms with Crippen LogP contribution in [0.25, 0.3) is 11.4 Å². The van der Waals surface area contributed by atoms with Crippen LogP contribution < -0.4 is 10.6 Å². The maximum absolute atomic E-state index is 5.84. The second kappa shape index (κ2) is 8.83. The second-order valence-electron chi connectivity index (χ2n) is 4.02. The van der Waals surface area contributed by atoms with Gasteiger partial charge in [0.1, 0.15) is 0 Å². The molecular weight excluding hydrogens is 405 g/mol. The van der Waals surface area contributed by atoms with Crippen LogP contribution in [0.1, 0.15) is 5.89 Å². The molecule has 0 amide bonds. The second-order valence-corrected chi connectivity index (χ2v) is 4.45. The predicted octanol–water partition coefficient (Wildman–Crippen LogP) is 2.35. The third-order valence-corrected chi connectivity index (χ3v) is 2.91. The van der Waals surface area contributed by atoms with E-state index in [9.17, 15) is 0 Å². The Morgan fingerprint density at radius 2 is 2.05 bits per heavy atom. The fourth-order valence-electron chi connectivity index (χ4n) is 1.64. The van der Waals surface area contributed by atoms with E-state index in [1.807, 2.05) is 12.1 Å². The highest BCUT2D eigenvalue weighted by Crippen LogP contribution is 2.18. The summed E-state index contributed by atoms with van der Waals surface area (Å²) in [6.45, 7) is 0.662. The number of aromatic nitrogens is 2. The standard InChI is InChI=1S/C13H16ClN5O.HI/c1-15-13(16-2)17-8-7-11-18-12(19-20-11)9-3-5-10(14)6-4-9;/h3-6H,7-8H2,1-2H3,(H2,15,16,17);1H. The van der Waals surface area contributed by atoms with Crippen molar-refractivity contribution in [1.29, 1.82) is 0 Å². The van der Waals surface area contributed by atoms with Crippen LogP contribution in [0.3, 0.4) is 0 Å². The summed E-state index contributed by atoms with van der Waals surface area (Å²) in [6, 6.07) is 7.31. The Kier molecular flexibility index (Phi) is 7.44. The van der Waals surface area contributed by atoms with Gasteiger partial charge in [0.25, 0.3) is 0 Å². The first-order valence-electron chi connectivity index (χ1n) is 6.20. The van der Waals surface area contributed by atoms with Gasteiger partial charge in [0.15, 0.2) is 5.96 Å². The first-order valence-corrected chi connectivity index (χ1v) is 6.57.